The summed E-state index contributed by atoms with van der Waals surface area (Å²) >= 11 is 0. The van der Waals surface area contributed by atoms with Gasteiger partial charge in [0.2, 0.25) is 23.6 Å². The van der Waals surface area contributed by atoms with Crippen LogP contribution in [0.25, 0.3) is 0 Å². The van der Waals surface area contributed by atoms with Crippen LogP contribution in [0, 0.1) is 0 Å². The predicted octanol–water partition coefficient (Wildman–Crippen LogP) is -14.3. The Morgan fingerprint density at radius 2 is 0.882 bits per heavy atom. The van der Waals surface area contributed by atoms with Gasteiger partial charge in [-0.3, -0.25) is 19.2 Å². The van der Waals surface area contributed by atoms with Gasteiger partial charge in [-0.05, 0) is 0 Å². The Kier molecular flexibility index (Phi) is 24.9. The fraction of sp³-hybridized carbons (Fsp3) is 0.894. The minimum Gasteiger partial charge on any atom is -0.477 e. The van der Waals surface area contributed by atoms with Crippen molar-refractivity contribution in [2.24, 2.45) is 0 Å². The molecule has 490 valence electrons. The van der Waals surface area contributed by atoms with E-state index in [9.17, 15) is 116 Å². The maximum Gasteiger partial charge on any atom is 0.364 e. The van der Waals surface area contributed by atoms with Crippen LogP contribution in [0.15, 0.2) is 0 Å². The average Bonchev–Trinajstić information content (AvgIpc) is 1.51. The van der Waals surface area contributed by atoms with Gasteiger partial charge in [0.15, 0.2) is 31.5 Å². The summed E-state index contributed by atoms with van der Waals surface area (Å²) in [4.78, 5) is 62.7. The number of carboxylic acid groups (broad SMARTS) is 1. The summed E-state index contributed by atoms with van der Waals surface area (Å²) in [6.45, 7) is -2.39. The lowest BCUT2D eigenvalue weighted by Crippen LogP contribution is -2.71. The van der Waals surface area contributed by atoms with Gasteiger partial charge in [-0.15, -0.1) is 0 Å². The molecule has 38 heteroatoms. The highest BCUT2D eigenvalue weighted by Gasteiger charge is 2.60. The van der Waals surface area contributed by atoms with E-state index in [1.54, 1.807) is 0 Å². The summed E-state index contributed by atoms with van der Waals surface area (Å²) in [6, 6.07) is -7.07. The van der Waals surface area contributed by atoms with Gasteiger partial charge in [-0.25, -0.2) is 4.79 Å². The van der Waals surface area contributed by atoms with Gasteiger partial charge in [0.1, 0.15) is 140 Å². The van der Waals surface area contributed by atoms with E-state index in [4.69, 9.17) is 52.1 Å². The van der Waals surface area contributed by atoms with E-state index in [1.807, 2.05) is 0 Å². The molecule has 0 radical (unpaired) electrons. The quantitative estimate of drug-likeness (QED) is 0.0452. The molecular weight excluding hydrogens is 1160 g/mol. The molecule has 0 bridgehead atoms. The van der Waals surface area contributed by atoms with Crippen molar-refractivity contribution in [2.45, 2.75) is 224 Å². The minimum absolute atomic E-state index is 0.797. The van der Waals surface area contributed by atoms with Gasteiger partial charge >= 0.3 is 5.97 Å². The normalized spacial score (nSPS) is 45.0. The van der Waals surface area contributed by atoms with Crippen LogP contribution in [0.5, 0.6) is 0 Å². The first-order valence-corrected chi connectivity index (χ1v) is 26.7. The molecule has 22 N–H and O–H groups in total. The van der Waals surface area contributed by atoms with Crippen LogP contribution in [-0.2, 0) is 76.1 Å². The number of aliphatic hydroxyl groups excluding tert-OH is 17. The molecule has 6 saturated heterocycles. The standard InChI is InChI=1S/C47H78N4O34/c1-12(57)48-23-16(61)5-47(46(73)74,85-39(23)27(63)17(62)6-52)75-11-22-30(66)38(26(41(72)76-22)51-15(4)60)83-42-24(49-13(2)58)31(67)37(21(10-56)79-42)82-45-35(71)40(29(65)19(8-54)78-45)84-43-25(50-14(3)59)32(68)36(20(9-55)80-43)81-44-34(70)33(69)28(64)18(7-53)77-44/h16-45,52-56,61-72H,5-11H2,1-4H3,(H,48,57)(H,49,58)(H,50,59)(H,51,60)(H,73,74)/t16-,17+,18+,19+,20+,21+,22+,23+,24+,25+,26+,27+,28-,29-,30-,31+,32+,33-,34+,35+,36+,37+,38+,39+,40-,41-,42-,43-,44-,45-,47+/m0/s1. The van der Waals surface area contributed by atoms with E-state index in [-0.39, 0.29) is 0 Å². The first-order valence-electron chi connectivity index (χ1n) is 26.7. The van der Waals surface area contributed by atoms with Crippen molar-refractivity contribution in [3.05, 3.63) is 0 Å². The third kappa shape index (κ3) is 15.8. The zero-order chi connectivity index (χ0) is 63.3. The molecule has 85 heavy (non-hydrogen) atoms. The number of carbonyl (C=O) groups excluding carboxylic acids is 4. The van der Waals surface area contributed by atoms with Gasteiger partial charge in [0, 0.05) is 34.1 Å². The Morgan fingerprint density at radius 3 is 1.34 bits per heavy atom. The Hall–Kier alpha value is -3.77. The summed E-state index contributed by atoms with van der Waals surface area (Å²) in [6.07, 6.45) is -52.4. The lowest BCUT2D eigenvalue weighted by Gasteiger charge is -2.51. The number of carboxylic acids is 1. The molecule has 6 heterocycles. The second-order valence-corrected chi connectivity index (χ2v) is 21.2. The molecule has 6 rings (SSSR count). The van der Waals surface area contributed by atoms with Crippen molar-refractivity contribution in [1.29, 1.82) is 0 Å². The monoisotopic (exact) mass is 1240 g/mol. The third-order valence-corrected chi connectivity index (χ3v) is 15.0. The predicted molar refractivity (Wildman–Crippen MR) is 263 cm³/mol. The van der Waals surface area contributed by atoms with E-state index >= 15 is 0 Å². The van der Waals surface area contributed by atoms with Crippen molar-refractivity contribution < 1.29 is 168 Å². The Labute approximate surface area is 481 Å². The molecule has 0 unspecified atom stereocenters. The van der Waals surface area contributed by atoms with Gasteiger partial charge in [-0.2, -0.15) is 0 Å². The van der Waals surface area contributed by atoms with Crippen molar-refractivity contribution in [2.75, 3.05) is 39.6 Å². The summed E-state index contributed by atoms with van der Waals surface area (Å²) in [7, 11) is 0. The molecule has 6 fully saturated rings. The number of amides is 4. The van der Waals surface area contributed by atoms with Gasteiger partial charge in [0.05, 0.1) is 51.8 Å². The van der Waals surface area contributed by atoms with Crippen LogP contribution in [0.1, 0.15) is 34.1 Å². The molecule has 38 nitrogen and oxygen atoms in total. The lowest BCUT2D eigenvalue weighted by atomic mass is 9.88. The second kappa shape index (κ2) is 30.2. The van der Waals surface area contributed by atoms with Crippen LogP contribution in [0.4, 0.5) is 0 Å². The molecule has 0 aromatic rings. The maximum atomic E-state index is 12.9. The number of aliphatic hydroxyl groups is 17. The fourth-order valence-corrected chi connectivity index (χ4v) is 10.7. The number of rotatable bonds is 23. The highest BCUT2D eigenvalue weighted by atomic mass is 16.8. The van der Waals surface area contributed by atoms with Gasteiger partial charge in [0.25, 0.3) is 5.79 Å². The third-order valence-electron chi connectivity index (χ3n) is 15.0. The number of ether oxygens (including phenoxy) is 11. The summed E-state index contributed by atoms with van der Waals surface area (Å²) in [5.41, 5.74) is 0. The molecular formula is C47H78N4O34. The number of carbonyl (C=O) groups is 5. The van der Waals surface area contributed by atoms with Crippen LogP contribution in [-0.4, -0.2) is 351 Å². The van der Waals surface area contributed by atoms with Crippen LogP contribution < -0.4 is 21.3 Å². The molecule has 31 atom stereocenters. The molecule has 6 aliphatic heterocycles. The van der Waals surface area contributed by atoms with Crippen LogP contribution in [0.2, 0.25) is 0 Å². The highest BCUT2D eigenvalue weighted by molar-refractivity contribution is 5.77. The first kappa shape index (κ1) is 70.3. The Morgan fingerprint density at radius 1 is 0.471 bits per heavy atom. The van der Waals surface area contributed by atoms with E-state index in [0.717, 1.165) is 27.7 Å². The first-order chi connectivity index (χ1) is 40.0. The van der Waals surface area contributed by atoms with Crippen molar-refractivity contribution in [3.8, 4) is 0 Å². The van der Waals surface area contributed by atoms with Crippen molar-refractivity contribution in [1.82, 2.24) is 21.3 Å². The SMILES string of the molecule is CC(=O)N[C@@H]1[C@@H](O[C@@H]2O[C@H](CO)[C@@H](O[C@@H]3O[C@H](CO)[C@H](O)[C@H](O[C@@H]4O[C@H](CO)[C@@H](O[C@@H]5O[C@H](CO)[C@H](O)[C@H](O)[C@H]5O)[C@H](O)[C@H]4NC(C)=O)[C@H]3O)[C@H](O)[C@H]2NC(C)=O)[C@@H](O)[C@@H](CO[C@]2(C(=O)O)C[C@H](O)[C@@H](NC(C)=O)[C@H]([C@H](O)[C@H](O)CO)O2)O[C@@H]1O. The van der Waals surface area contributed by atoms with E-state index in [0.29, 0.717) is 0 Å². The van der Waals surface area contributed by atoms with E-state index in [1.165, 1.54) is 0 Å². The zero-order valence-corrected chi connectivity index (χ0v) is 45.9. The second-order valence-electron chi connectivity index (χ2n) is 21.2. The summed E-state index contributed by atoms with van der Waals surface area (Å²) < 4.78 is 63.3. The smallest absolute Gasteiger partial charge is 0.364 e. The van der Waals surface area contributed by atoms with Crippen molar-refractivity contribution in [3.63, 3.8) is 0 Å². The van der Waals surface area contributed by atoms with Crippen molar-refractivity contribution >= 4 is 29.6 Å². The largest absolute Gasteiger partial charge is 0.477 e. The minimum atomic E-state index is -3.01. The summed E-state index contributed by atoms with van der Waals surface area (Å²) in [5, 5.41) is 204. The highest BCUT2D eigenvalue weighted by Crippen LogP contribution is 2.38. The van der Waals surface area contributed by atoms with Gasteiger partial charge < -0.3 is 165 Å². The molecule has 0 spiro atoms. The average molecular weight is 1240 g/mol. The number of hydrogen-bond donors (Lipinski definition) is 22. The van der Waals surface area contributed by atoms with Crippen LogP contribution in [0.3, 0.4) is 0 Å². The van der Waals surface area contributed by atoms with E-state index in [2.05, 4.69) is 21.3 Å². The molecule has 0 aliphatic carbocycles. The number of aliphatic carboxylic acids is 1. The molecule has 6 aliphatic rings. The molecule has 0 saturated carbocycles. The number of hydrogen-bond acceptors (Lipinski definition) is 33. The van der Waals surface area contributed by atoms with Crippen LogP contribution >= 0.6 is 0 Å². The Balaban J connectivity index is 1.23. The fourth-order valence-electron chi connectivity index (χ4n) is 10.7. The zero-order valence-electron chi connectivity index (χ0n) is 45.9. The topological polar surface area (TPSA) is 599 Å². The molecule has 0 aromatic heterocycles. The van der Waals surface area contributed by atoms with Gasteiger partial charge in [-0.1, -0.05) is 0 Å². The number of nitrogens with one attached hydrogen (secondary N) is 4. The molecule has 4 amide bonds. The van der Waals surface area contributed by atoms with E-state index < -0.39 is 265 Å². The Bertz CT molecular complexity index is 2210. The molecule has 0 aromatic carbocycles. The summed E-state index contributed by atoms with van der Waals surface area (Å²) in [5.74, 6) is -8.43. The lowest BCUT2D eigenvalue weighted by molar-refractivity contribution is -0.380. The maximum absolute atomic E-state index is 12.9.